The minimum Gasteiger partial charge on any atom is -0.376 e. The Labute approximate surface area is 68.8 Å². The summed E-state index contributed by atoms with van der Waals surface area (Å²) in [5.41, 5.74) is 4.91. The van der Waals surface area contributed by atoms with Crippen LogP contribution >= 0.6 is 0 Å². The van der Waals surface area contributed by atoms with Crippen molar-refractivity contribution in [2.45, 2.75) is 51.2 Å². The van der Waals surface area contributed by atoms with E-state index in [1.807, 2.05) is 0 Å². The summed E-state index contributed by atoms with van der Waals surface area (Å²) in [6.07, 6.45) is 6.44. The first kappa shape index (κ1) is 9.01. The van der Waals surface area contributed by atoms with Crippen molar-refractivity contribution < 1.29 is 5.11 Å². The summed E-state index contributed by atoms with van der Waals surface area (Å²) < 4.78 is 0. The van der Waals surface area contributed by atoms with Crippen LogP contribution in [0.4, 0.5) is 0 Å². The molecule has 2 atom stereocenters. The quantitative estimate of drug-likeness (QED) is 0.598. The minimum atomic E-state index is -0.853. The third kappa shape index (κ3) is 2.17. The molecule has 1 aliphatic rings. The largest absolute Gasteiger partial charge is 0.376 e. The molecule has 1 rings (SSSR count). The maximum absolute atomic E-state index is 9.74. The molecule has 2 heteroatoms. The van der Waals surface area contributed by atoms with Crippen LogP contribution < -0.4 is 5.73 Å². The molecular formula is C9H19NO. The smallest absolute Gasteiger partial charge is 0.116 e. The van der Waals surface area contributed by atoms with Crippen molar-refractivity contribution in [1.82, 2.24) is 0 Å². The number of rotatable bonds is 2. The van der Waals surface area contributed by atoms with Gasteiger partial charge in [-0.05, 0) is 25.7 Å². The van der Waals surface area contributed by atoms with Crippen LogP contribution in [0.15, 0.2) is 0 Å². The van der Waals surface area contributed by atoms with E-state index in [-0.39, 0.29) is 0 Å². The lowest BCUT2D eigenvalue weighted by Crippen LogP contribution is -2.48. The molecule has 0 aromatic heterocycles. The molecule has 66 valence electrons. The predicted molar refractivity (Wildman–Crippen MR) is 46.0 cm³/mol. The number of hydrogen-bond donors (Lipinski definition) is 2. The van der Waals surface area contributed by atoms with Crippen LogP contribution in [0.3, 0.4) is 0 Å². The van der Waals surface area contributed by atoms with E-state index in [9.17, 15) is 5.11 Å². The fourth-order valence-corrected chi connectivity index (χ4v) is 2.00. The topological polar surface area (TPSA) is 46.2 Å². The summed E-state index contributed by atoms with van der Waals surface area (Å²) in [5, 5.41) is 9.74. The Morgan fingerprint density at radius 3 is 2.82 bits per heavy atom. The molecule has 2 nitrogen and oxygen atoms in total. The first-order chi connectivity index (χ1) is 5.17. The molecule has 0 aromatic rings. The van der Waals surface area contributed by atoms with Crippen LogP contribution in [0.5, 0.6) is 0 Å². The Bertz CT molecular complexity index is 121. The highest BCUT2D eigenvalue weighted by atomic mass is 16.3. The third-order valence-electron chi connectivity index (χ3n) is 2.72. The predicted octanol–water partition coefficient (Wildman–Crippen LogP) is 1.62. The summed E-state index contributed by atoms with van der Waals surface area (Å²) in [6.45, 7) is 2.14. The van der Waals surface area contributed by atoms with E-state index >= 15 is 0 Å². The van der Waals surface area contributed by atoms with Crippen LogP contribution in [0.1, 0.15) is 45.4 Å². The Morgan fingerprint density at radius 1 is 1.55 bits per heavy atom. The third-order valence-corrected chi connectivity index (χ3v) is 2.72. The molecule has 0 aliphatic heterocycles. The minimum absolute atomic E-state index is 0.348. The lowest BCUT2D eigenvalue weighted by molar-refractivity contribution is -0.0462. The average Bonchev–Trinajstić information content (AvgIpc) is 1.94. The first-order valence-electron chi connectivity index (χ1n) is 4.68. The highest BCUT2D eigenvalue weighted by Crippen LogP contribution is 2.32. The second-order valence-corrected chi connectivity index (χ2v) is 3.72. The molecule has 1 aliphatic carbocycles. The molecule has 1 saturated carbocycles. The van der Waals surface area contributed by atoms with Crippen molar-refractivity contribution >= 4 is 0 Å². The second-order valence-electron chi connectivity index (χ2n) is 3.72. The zero-order valence-electron chi connectivity index (χ0n) is 7.34. The van der Waals surface area contributed by atoms with E-state index in [1.54, 1.807) is 0 Å². The molecule has 0 bridgehead atoms. The number of hydrogen-bond acceptors (Lipinski definition) is 2. The maximum atomic E-state index is 9.74. The monoisotopic (exact) mass is 157 g/mol. The van der Waals surface area contributed by atoms with E-state index in [4.69, 9.17) is 5.73 Å². The zero-order chi connectivity index (χ0) is 8.32. The lowest BCUT2D eigenvalue weighted by Gasteiger charge is -2.36. The Hall–Kier alpha value is -0.0800. The Kier molecular flexibility index (Phi) is 2.90. The molecule has 3 N–H and O–H groups in total. The standard InChI is InChI=1S/C9H19NO/c1-2-5-8-6-3-4-7-9(8,10)11/h8,11H,2-7,10H2,1H3. The normalized spacial score (nSPS) is 39.0. The molecule has 1 fully saturated rings. The van der Waals surface area contributed by atoms with Gasteiger partial charge in [0.15, 0.2) is 0 Å². The molecule has 0 saturated heterocycles. The van der Waals surface area contributed by atoms with E-state index in [0.717, 1.165) is 32.1 Å². The first-order valence-corrected chi connectivity index (χ1v) is 4.68. The number of nitrogens with two attached hydrogens (primary N) is 1. The number of aliphatic hydroxyl groups is 1. The van der Waals surface area contributed by atoms with Crippen molar-refractivity contribution in [2.75, 3.05) is 0 Å². The van der Waals surface area contributed by atoms with Crippen molar-refractivity contribution in [3.05, 3.63) is 0 Å². The lowest BCUT2D eigenvalue weighted by atomic mass is 9.79. The van der Waals surface area contributed by atoms with Crippen LogP contribution in [0.25, 0.3) is 0 Å². The van der Waals surface area contributed by atoms with Gasteiger partial charge in [0.1, 0.15) is 5.72 Å². The van der Waals surface area contributed by atoms with Crippen molar-refractivity contribution in [3.8, 4) is 0 Å². The SMILES string of the molecule is CCCC1CCCCC1(N)O. The molecule has 0 spiro atoms. The van der Waals surface area contributed by atoms with Gasteiger partial charge in [0.2, 0.25) is 0 Å². The van der Waals surface area contributed by atoms with E-state index < -0.39 is 5.72 Å². The highest BCUT2D eigenvalue weighted by Gasteiger charge is 2.33. The molecule has 0 amide bonds. The molecule has 2 unspecified atom stereocenters. The van der Waals surface area contributed by atoms with Gasteiger partial charge in [-0.25, -0.2) is 0 Å². The van der Waals surface area contributed by atoms with E-state index in [2.05, 4.69) is 6.92 Å². The molecule has 0 heterocycles. The molecule has 0 radical (unpaired) electrons. The summed E-state index contributed by atoms with van der Waals surface area (Å²) in [7, 11) is 0. The summed E-state index contributed by atoms with van der Waals surface area (Å²) in [4.78, 5) is 0. The van der Waals surface area contributed by atoms with E-state index in [1.165, 1.54) is 6.42 Å². The van der Waals surface area contributed by atoms with Gasteiger partial charge >= 0.3 is 0 Å². The van der Waals surface area contributed by atoms with Gasteiger partial charge in [-0.3, -0.25) is 0 Å². The van der Waals surface area contributed by atoms with Gasteiger partial charge in [-0.15, -0.1) is 0 Å². The maximum Gasteiger partial charge on any atom is 0.116 e. The summed E-state index contributed by atoms with van der Waals surface area (Å²) in [5.74, 6) is 0.348. The Morgan fingerprint density at radius 2 is 2.27 bits per heavy atom. The van der Waals surface area contributed by atoms with Crippen LogP contribution in [-0.4, -0.2) is 10.8 Å². The fourth-order valence-electron chi connectivity index (χ4n) is 2.00. The van der Waals surface area contributed by atoms with E-state index in [0.29, 0.717) is 5.92 Å². The molecule has 11 heavy (non-hydrogen) atoms. The molecule has 0 aromatic carbocycles. The Balaban J connectivity index is 2.45. The second kappa shape index (κ2) is 3.55. The van der Waals surface area contributed by atoms with Gasteiger partial charge < -0.3 is 10.8 Å². The highest BCUT2D eigenvalue weighted by molar-refractivity contribution is 4.84. The van der Waals surface area contributed by atoms with Crippen LogP contribution in [0, 0.1) is 5.92 Å². The van der Waals surface area contributed by atoms with Crippen molar-refractivity contribution in [2.24, 2.45) is 11.7 Å². The zero-order valence-corrected chi connectivity index (χ0v) is 7.34. The van der Waals surface area contributed by atoms with Gasteiger partial charge in [0.25, 0.3) is 0 Å². The average molecular weight is 157 g/mol. The van der Waals surface area contributed by atoms with Gasteiger partial charge in [0.05, 0.1) is 0 Å². The summed E-state index contributed by atoms with van der Waals surface area (Å²) in [6, 6.07) is 0. The van der Waals surface area contributed by atoms with Gasteiger partial charge in [-0.1, -0.05) is 19.8 Å². The van der Waals surface area contributed by atoms with Crippen molar-refractivity contribution in [1.29, 1.82) is 0 Å². The van der Waals surface area contributed by atoms with Crippen LogP contribution in [0.2, 0.25) is 0 Å². The van der Waals surface area contributed by atoms with Crippen LogP contribution in [-0.2, 0) is 0 Å². The molecular weight excluding hydrogens is 138 g/mol. The van der Waals surface area contributed by atoms with Crippen molar-refractivity contribution in [3.63, 3.8) is 0 Å². The summed E-state index contributed by atoms with van der Waals surface area (Å²) >= 11 is 0. The fraction of sp³-hybridized carbons (Fsp3) is 1.00. The van der Waals surface area contributed by atoms with Gasteiger partial charge in [-0.2, -0.15) is 0 Å². The van der Waals surface area contributed by atoms with Gasteiger partial charge in [0, 0.05) is 5.92 Å².